The SMILES string of the molecule is CC(C)(C)OCCC(NC(=O)CCc1ccsc1)C(=O)O. The van der Waals surface area contributed by atoms with Crippen LogP contribution in [0.5, 0.6) is 0 Å². The van der Waals surface area contributed by atoms with Gasteiger partial charge in [0.25, 0.3) is 0 Å². The normalized spacial score (nSPS) is 12.9. The molecule has 6 heteroatoms. The number of carbonyl (C=O) groups is 2. The highest BCUT2D eigenvalue weighted by atomic mass is 32.1. The van der Waals surface area contributed by atoms with Gasteiger partial charge >= 0.3 is 5.97 Å². The van der Waals surface area contributed by atoms with Crippen molar-refractivity contribution in [1.82, 2.24) is 5.32 Å². The van der Waals surface area contributed by atoms with E-state index >= 15 is 0 Å². The summed E-state index contributed by atoms with van der Waals surface area (Å²) in [5.41, 5.74) is 0.782. The Kier molecular flexibility index (Phi) is 6.84. The molecule has 1 aromatic heterocycles. The Morgan fingerprint density at radius 2 is 2.14 bits per heavy atom. The van der Waals surface area contributed by atoms with Gasteiger partial charge in [-0.3, -0.25) is 4.79 Å². The van der Waals surface area contributed by atoms with Crippen LogP contribution in [0, 0.1) is 0 Å². The summed E-state index contributed by atoms with van der Waals surface area (Å²) in [6.45, 7) is 6.01. The number of carboxylic acids is 1. The van der Waals surface area contributed by atoms with Gasteiger partial charge in [-0.15, -0.1) is 0 Å². The van der Waals surface area contributed by atoms with Crippen LogP contribution in [0.4, 0.5) is 0 Å². The van der Waals surface area contributed by atoms with Gasteiger partial charge < -0.3 is 15.2 Å². The second-order valence-corrected chi connectivity index (χ2v) is 6.62. The summed E-state index contributed by atoms with van der Waals surface area (Å²) >= 11 is 1.58. The van der Waals surface area contributed by atoms with Crippen molar-refractivity contribution in [2.75, 3.05) is 6.61 Å². The lowest BCUT2D eigenvalue weighted by molar-refractivity contribution is -0.142. The third-order valence-electron chi connectivity index (χ3n) is 2.80. The molecule has 0 aliphatic rings. The molecule has 0 spiro atoms. The second-order valence-electron chi connectivity index (χ2n) is 5.84. The molecular weight excluding hydrogens is 290 g/mol. The maximum absolute atomic E-state index is 11.8. The van der Waals surface area contributed by atoms with Crippen LogP contribution in [0.1, 0.15) is 39.2 Å². The highest BCUT2D eigenvalue weighted by Gasteiger charge is 2.21. The van der Waals surface area contributed by atoms with Gasteiger partial charge in [-0.25, -0.2) is 4.79 Å². The molecule has 1 heterocycles. The zero-order chi connectivity index (χ0) is 15.9. The van der Waals surface area contributed by atoms with Crippen molar-refractivity contribution in [3.05, 3.63) is 22.4 Å². The van der Waals surface area contributed by atoms with Gasteiger partial charge in [0.05, 0.1) is 5.60 Å². The van der Waals surface area contributed by atoms with Gasteiger partial charge in [-0.2, -0.15) is 11.3 Å². The van der Waals surface area contributed by atoms with Crippen LogP contribution >= 0.6 is 11.3 Å². The van der Waals surface area contributed by atoms with E-state index in [2.05, 4.69) is 5.32 Å². The zero-order valence-corrected chi connectivity index (χ0v) is 13.5. The van der Waals surface area contributed by atoms with Crippen molar-refractivity contribution in [3.63, 3.8) is 0 Å². The van der Waals surface area contributed by atoms with Crippen LogP contribution in [0.2, 0.25) is 0 Å². The topological polar surface area (TPSA) is 75.6 Å². The number of hydrogen-bond acceptors (Lipinski definition) is 4. The molecule has 0 fully saturated rings. The summed E-state index contributed by atoms with van der Waals surface area (Å²) < 4.78 is 5.50. The smallest absolute Gasteiger partial charge is 0.326 e. The van der Waals surface area contributed by atoms with Crippen molar-refractivity contribution in [2.24, 2.45) is 0 Å². The predicted octanol–water partition coefficient (Wildman–Crippen LogP) is 2.46. The molecule has 5 nitrogen and oxygen atoms in total. The Morgan fingerprint density at radius 1 is 1.43 bits per heavy atom. The number of nitrogens with one attached hydrogen (secondary N) is 1. The minimum absolute atomic E-state index is 0.246. The number of ether oxygens (including phenoxy) is 1. The molecule has 1 amide bonds. The number of carboxylic acid groups (broad SMARTS) is 1. The first-order chi connectivity index (χ1) is 9.78. The Hall–Kier alpha value is -1.40. The largest absolute Gasteiger partial charge is 0.480 e. The van der Waals surface area contributed by atoms with Gasteiger partial charge in [-0.05, 0) is 49.6 Å². The molecule has 0 aliphatic heterocycles. The molecular formula is C15H23NO4S. The number of aliphatic carboxylic acids is 1. The predicted molar refractivity (Wildman–Crippen MR) is 82.5 cm³/mol. The minimum Gasteiger partial charge on any atom is -0.480 e. The summed E-state index contributed by atoms with van der Waals surface area (Å²) in [5, 5.41) is 15.6. The van der Waals surface area contributed by atoms with E-state index in [0.29, 0.717) is 19.4 Å². The van der Waals surface area contributed by atoms with Crippen LogP contribution in [0.25, 0.3) is 0 Å². The van der Waals surface area contributed by atoms with Crippen LogP contribution in [0.3, 0.4) is 0 Å². The molecule has 0 saturated heterocycles. The van der Waals surface area contributed by atoms with E-state index in [1.54, 1.807) is 11.3 Å². The van der Waals surface area contributed by atoms with Gasteiger partial charge in [0.1, 0.15) is 6.04 Å². The molecule has 0 radical (unpaired) electrons. The Balaban J connectivity index is 2.35. The molecule has 1 unspecified atom stereocenters. The van der Waals surface area contributed by atoms with Crippen molar-refractivity contribution in [3.8, 4) is 0 Å². The number of rotatable bonds is 8. The van der Waals surface area contributed by atoms with E-state index in [9.17, 15) is 9.59 Å². The summed E-state index contributed by atoms with van der Waals surface area (Å²) in [6.07, 6.45) is 1.18. The summed E-state index contributed by atoms with van der Waals surface area (Å²) in [6, 6.07) is 1.06. The highest BCUT2D eigenvalue weighted by molar-refractivity contribution is 7.07. The van der Waals surface area contributed by atoms with E-state index in [1.807, 2.05) is 37.6 Å². The highest BCUT2D eigenvalue weighted by Crippen LogP contribution is 2.10. The fraction of sp³-hybridized carbons (Fsp3) is 0.600. The van der Waals surface area contributed by atoms with E-state index in [4.69, 9.17) is 9.84 Å². The fourth-order valence-electron chi connectivity index (χ4n) is 1.70. The van der Waals surface area contributed by atoms with E-state index < -0.39 is 12.0 Å². The van der Waals surface area contributed by atoms with E-state index in [-0.39, 0.29) is 17.9 Å². The lowest BCUT2D eigenvalue weighted by Gasteiger charge is -2.21. The third-order valence-corrected chi connectivity index (χ3v) is 3.53. The van der Waals surface area contributed by atoms with Crippen LogP contribution in [-0.4, -0.2) is 35.2 Å². The molecule has 0 aromatic carbocycles. The first kappa shape index (κ1) is 17.7. The average molecular weight is 313 g/mol. The number of hydrogen-bond donors (Lipinski definition) is 2. The molecule has 2 N–H and O–H groups in total. The van der Waals surface area contributed by atoms with Gasteiger partial charge in [0.15, 0.2) is 0 Å². The van der Waals surface area contributed by atoms with Crippen LogP contribution in [-0.2, 0) is 20.7 Å². The number of thiophene rings is 1. The molecule has 1 aromatic rings. The molecule has 0 saturated carbocycles. The minimum atomic E-state index is -1.03. The summed E-state index contributed by atoms with van der Waals surface area (Å²) in [4.78, 5) is 23.0. The molecule has 118 valence electrons. The Bertz CT molecular complexity index is 451. The van der Waals surface area contributed by atoms with Crippen molar-refractivity contribution in [2.45, 2.75) is 51.7 Å². The monoisotopic (exact) mass is 313 g/mol. The van der Waals surface area contributed by atoms with E-state index in [1.165, 1.54) is 0 Å². The van der Waals surface area contributed by atoms with E-state index in [0.717, 1.165) is 5.56 Å². The molecule has 1 atom stereocenters. The first-order valence-electron chi connectivity index (χ1n) is 6.95. The quantitative estimate of drug-likeness (QED) is 0.773. The molecule has 0 bridgehead atoms. The zero-order valence-electron chi connectivity index (χ0n) is 12.7. The van der Waals surface area contributed by atoms with Crippen LogP contribution in [0.15, 0.2) is 16.8 Å². The number of aryl methyl sites for hydroxylation is 1. The standard InChI is InChI=1S/C15H23NO4S/c1-15(2,3)20-8-6-12(14(18)19)16-13(17)5-4-11-7-9-21-10-11/h7,9-10,12H,4-6,8H2,1-3H3,(H,16,17)(H,18,19). The van der Waals surface area contributed by atoms with Gasteiger partial charge in [-0.1, -0.05) is 0 Å². The maximum Gasteiger partial charge on any atom is 0.326 e. The lowest BCUT2D eigenvalue weighted by Crippen LogP contribution is -2.42. The lowest BCUT2D eigenvalue weighted by atomic mass is 10.1. The fourth-order valence-corrected chi connectivity index (χ4v) is 2.40. The van der Waals surface area contributed by atoms with Crippen molar-refractivity contribution < 1.29 is 19.4 Å². The summed E-state index contributed by atoms with van der Waals surface area (Å²) in [7, 11) is 0. The number of amides is 1. The van der Waals surface area contributed by atoms with Crippen LogP contribution < -0.4 is 5.32 Å². The Morgan fingerprint density at radius 3 is 2.67 bits per heavy atom. The van der Waals surface area contributed by atoms with Gasteiger partial charge in [0, 0.05) is 19.4 Å². The molecule has 21 heavy (non-hydrogen) atoms. The average Bonchev–Trinajstić information content (AvgIpc) is 2.86. The third kappa shape index (κ3) is 7.82. The molecule has 1 rings (SSSR count). The molecule has 0 aliphatic carbocycles. The maximum atomic E-state index is 11.8. The van der Waals surface area contributed by atoms with Crippen molar-refractivity contribution >= 4 is 23.2 Å². The second kappa shape index (κ2) is 8.14. The number of carbonyl (C=O) groups excluding carboxylic acids is 1. The van der Waals surface area contributed by atoms with Gasteiger partial charge in [0.2, 0.25) is 5.91 Å². The first-order valence-corrected chi connectivity index (χ1v) is 7.89. The Labute approximate surface area is 129 Å². The van der Waals surface area contributed by atoms with Crippen molar-refractivity contribution in [1.29, 1.82) is 0 Å². The summed E-state index contributed by atoms with van der Waals surface area (Å²) in [5.74, 6) is -1.28.